The van der Waals surface area contributed by atoms with Gasteiger partial charge in [-0.05, 0) is 93.8 Å². The molecule has 234 valence electrons. The van der Waals surface area contributed by atoms with Crippen LogP contribution in [0, 0.1) is 12.3 Å². The van der Waals surface area contributed by atoms with Gasteiger partial charge in [-0.15, -0.1) is 24.8 Å². The first-order valence-corrected chi connectivity index (χ1v) is 15.2. The number of aromatic carboxylic acids is 1. The van der Waals surface area contributed by atoms with E-state index in [1.807, 2.05) is 29.2 Å². The Morgan fingerprint density at radius 3 is 2.30 bits per heavy atom. The van der Waals surface area contributed by atoms with Crippen LogP contribution in [0.4, 0.5) is 11.4 Å². The van der Waals surface area contributed by atoms with Gasteiger partial charge in [-0.3, -0.25) is 4.79 Å². The third-order valence-electron chi connectivity index (χ3n) is 9.19. The zero-order chi connectivity index (χ0) is 28.7. The molecule has 2 aliphatic rings. The Bertz CT molecular complexity index is 1290. The van der Waals surface area contributed by atoms with Crippen LogP contribution in [0.5, 0.6) is 0 Å². The SMILES string of the molecule is Cc1ccc(N(C(=O)c2ccco2)C2CCN(CCC3(CCNc4ccccc4C(=O)O)CCCCC3)CC2)cc1.Cl.Cl. The molecule has 7 nitrogen and oxygen atoms in total. The largest absolute Gasteiger partial charge is 0.478 e. The van der Waals surface area contributed by atoms with Crippen LogP contribution in [0.15, 0.2) is 71.3 Å². The van der Waals surface area contributed by atoms with Gasteiger partial charge in [-0.25, -0.2) is 4.79 Å². The second-order valence-electron chi connectivity index (χ2n) is 11.9. The van der Waals surface area contributed by atoms with Gasteiger partial charge in [0.2, 0.25) is 0 Å². The average molecular weight is 631 g/mol. The number of anilines is 2. The molecule has 2 aromatic carbocycles. The number of carbonyl (C=O) groups excluding carboxylic acids is 1. The topological polar surface area (TPSA) is 86.0 Å². The number of piperidine rings is 1. The van der Waals surface area contributed by atoms with Crippen LogP contribution < -0.4 is 10.2 Å². The zero-order valence-electron chi connectivity index (χ0n) is 25.0. The van der Waals surface area contributed by atoms with E-state index in [1.54, 1.807) is 30.5 Å². The molecule has 1 aromatic heterocycles. The molecular formula is C34H45Cl2N3O4. The van der Waals surface area contributed by atoms with Gasteiger partial charge in [-0.1, -0.05) is 49.1 Å². The van der Waals surface area contributed by atoms with Gasteiger partial charge in [0.25, 0.3) is 5.91 Å². The summed E-state index contributed by atoms with van der Waals surface area (Å²) in [7, 11) is 0. The zero-order valence-corrected chi connectivity index (χ0v) is 26.6. The molecule has 0 atom stereocenters. The Hall–Kier alpha value is -3.00. The maximum Gasteiger partial charge on any atom is 0.337 e. The average Bonchev–Trinajstić information content (AvgIpc) is 3.54. The van der Waals surface area contributed by atoms with Crippen molar-refractivity contribution >= 4 is 48.1 Å². The lowest BCUT2D eigenvalue weighted by molar-refractivity contribution is 0.0697. The van der Waals surface area contributed by atoms with Gasteiger partial charge in [0, 0.05) is 37.1 Å². The second kappa shape index (κ2) is 16.2. The molecule has 1 aliphatic heterocycles. The van der Waals surface area contributed by atoms with E-state index in [4.69, 9.17) is 4.42 Å². The molecule has 0 bridgehead atoms. The van der Waals surface area contributed by atoms with Crippen molar-refractivity contribution in [2.24, 2.45) is 5.41 Å². The number of furan rings is 1. The van der Waals surface area contributed by atoms with Crippen molar-refractivity contribution in [1.82, 2.24) is 4.90 Å². The van der Waals surface area contributed by atoms with E-state index in [0.29, 0.717) is 22.4 Å². The Balaban J connectivity index is 0.00000253. The number of hydrogen-bond acceptors (Lipinski definition) is 5. The maximum atomic E-state index is 13.5. The molecule has 1 saturated heterocycles. The van der Waals surface area contributed by atoms with Gasteiger partial charge in [0.1, 0.15) is 0 Å². The van der Waals surface area contributed by atoms with Crippen LogP contribution in [-0.4, -0.2) is 54.1 Å². The number of amides is 1. The smallest absolute Gasteiger partial charge is 0.337 e. The predicted molar refractivity (Wildman–Crippen MR) is 177 cm³/mol. The molecule has 1 amide bonds. The Kier molecular flexibility index (Phi) is 13.0. The number of likely N-dealkylation sites (tertiary alicyclic amines) is 1. The summed E-state index contributed by atoms with van der Waals surface area (Å²) in [4.78, 5) is 29.6. The number of hydrogen-bond donors (Lipinski definition) is 2. The number of nitrogens with zero attached hydrogens (tertiary/aromatic N) is 2. The minimum atomic E-state index is -0.893. The fraction of sp³-hybridized carbons (Fsp3) is 0.471. The van der Waals surface area contributed by atoms with Crippen LogP contribution in [0.3, 0.4) is 0 Å². The van der Waals surface area contributed by atoms with Crippen LogP contribution in [-0.2, 0) is 0 Å². The van der Waals surface area contributed by atoms with Crippen LogP contribution in [0.25, 0.3) is 0 Å². The van der Waals surface area contributed by atoms with Crippen molar-refractivity contribution < 1.29 is 19.1 Å². The van der Waals surface area contributed by atoms with Crippen molar-refractivity contribution in [2.75, 3.05) is 36.4 Å². The molecule has 2 heterocycles. The Morgan fingerprint density at radius 2 is 1.65 bits per heavy atom. The molecule has 1 aliphatic carbocycles. The molecule has 5 rings (SSSR count). The standard InChI is InChI=1S/C34H43N3O4.2ClH/c1-26-11-13-27(14-12-26)37(32(38)31-10-7-25-41-31)28-15-22-36(23-16-28)24-20-34(17-5-2-6-18-34)19-21-35-30-9-4-3-8-29(30)33(39)40;;/h3-4,7-14,25,28,35H,2,5-6,15-24H2,1H3,(H,39,40);2*1H. The quantitative estimate of drug-likeness (QED) is 0.223. The Morgan fingerprint density at radius 1 is 0.953 bits per heavy atom. The van der Waals surface area contributed by atoms with E-state index >= 15 is 0 Å². The Labute approximate surface area is 267 Å². The lowest BCUT2D eigenvalue weighted by Crippen LogP contribution is -2.48. The van der Waals surface area contributed by atoms with Crippen molar-refractivity contribution in [3.05, 3.63) is 83.8 Å². The van der Waals surface area contributed by atoms with E-state index < -0.39 is 5.97 Å². The number of aryl methyl sites for hydroxylation is 1. The van der Waals surface area contributed by atoms with Gasteiger partial charge in [-0.2, -0.15) is 0 Å². The second-order valence-corrected chi connectivity index (χ2v) is 11.9. The molecule has 2 fully saturated rings. The van der Waals surface area contributed by atoms with E-state index in [0.717, 1.165) is 57.5 Å². The number of carboxylic acids is 1. The first kappa shape index (κ1) is 34.5. The van der Waals surface area contributed by atoms with Gasteiger partial charge in [0.05, 0.1) is 11.8 Å². The molecule has 0 radical (unpaired) electrons. The fourth-order valence-corrected chi connectivity index (χ4v) is 6.73. The first-order chi connectivity index (χ1) is 19.9. The highest BCUT2D eigenvalue weighted by Gasteiger charge is 2.34. The highest BCUT2D eigenvalue weighted by Crippen LogP contribution is 2.42. The van der Waals surface area contributed by atoms with Gasteiger partial charge in [0.15, 0.2) is 5.76 Å². The molecular weight excluding hydrogens is 585 g/mol. The van der Waals surface area contributed by atoms with Crippen molar-refractivity contribution in [1.29, 1.82) is 0 Å². The van der Waals surface area contributed by atoms with E-state index in [-0.39, 0.29) is 36.8 Å². The van der Waals surface area contributed by atoms with E-state index in [2.05, 4.69) is 29.3 Å². The lowest BCUT2D eigenvalue weighted by atomic mass is 9.69. The highest BCUT2D eigenvalue weighted by atomic mass is 35.5. The van der Waals surface area contributed by atoms with Crippen molar-refractivity contribution in [3.8, 4) is 0 Å². The number of para-hydroxylation sites is 1. The summed E-state index contributed by atoms with van der Waals surface area (Å²) in [5.41, 5.74) is 3.43. The van der Waals surface area contributed by atoms with Crippen molar-refractivity contribution in [3.63, 3.8) is 0 Å². The monoisotopic (exact) mass is 629 g/mol. The minimum Gasteiger partial charge on any atom is -0.478 e. The number of benzene rings is 2. The third kappa shape index (κ3) is 8.78. The summed E-state index contributed by atoms with van der Waals surface area (Å²) >= 11 is 0. The minimum absolute atomic E-state index is 0. The first-order valence-electron chi connectivity index (χ1n) is 15.2. The van der Waals surface area contributed by atoms with Crippen LogP contribution in [0.1, 0.15) is 84.3 Å². The third-order valence-corrected chi connectivity index (χ3v) is 9.19. The van der Waals surface area contributed by atoms with E-state index in [9.17, 15) is 14.7 Å². The maximum absolute atomic E-state index is 13.5. The summed E-state index contributed by atoms with van der Waals surface area (Å²) in [6.07, 6.45) is 12.0. The predicted octanol–water partition coefficient (Wildman–Crippen LogP) is 8.08. The molecule has 3 aromatic rings. The highest BCUT2D eigenvalue weighted by molar-refractivity contribution is 6.04. The normalized spacial score (nSPS) is 16.9. The number of carbonyl (C=O) groups is 2. The molecule has 9 heteroatoms. The number of carboxylic acid groups (broad SMARTS) is 1. The lowest BCUT2D eigenvalue weighted by Gasteiger charge is -2.42. The summed E-state index contributed by atoms with van der Waals surface area (Å²) in [6, 6.07) is 19.0. The molecule has 43 heavy (non-hydrogen) atoms. The summed E-state index contributed by atoms with van der Waals surface area (Å²) in [5.74, 6) is -0.585. The molecule has 2 N–H and O–H groups in total. The van der Waals surface area contributed by atoms with E-state index in [1.165, 1.54) is 37.7 Å². The fourth-order valence-electron chi connectivity index (χ4n) is 6.73. The van der Waals surface area contributed by atoms with Gasteiger partial charge < -0.3 is 24.6 Å². The van der Waals surface area contributed by atoms with Crippen molar-refractivity contribution in [2.45, 2.75) is 70.8 Å². The van der Waals surface area contributed by atoms with Gasteiger partial charge >= 0.3 is 5.97 Å². The molecule has 1 saturated carbocycles. The molecule has 0 unspecified atom stereocenters. The number of halogens is 2. The van der Waals surface area contributed by atoms with Crippen LogP contribution in [0.2, 0.25) is 0 Å². The van der Waals surface area contributed by atoms with Crippen LogP contribution >= 0.6 is 24.8 Å². The number of rotatable bonds is 11. The summed E-state index contributed by atoms with van der Waals surface area (Å²) in [6.45, 7) is 5.85. The summed E-state index contributed by atoms with van der Waals surface area (Å²) in [5, 5.41) is 13.0. The number of nitrogens with one attached hydrogen (secondary N) is 1. The molecule has 0 spiro atoms. The summed E-state index contributed by atoms with van der Waals surface area (Å²) < 4.78 is 5.49.